The Kier molecular flexibility index (Phi) is 4.24. The van der Waals surface area contributed by atoms with Crippen molar-refractivity contribution in [3.05, 3.63) is 39.9 Å². The van der Waals surface area contributed by atoms with Gasteiger partial charge in [-0.3, -0.25) is 15.0 Å². The number of nitrogens with zero attached hydrogens (tertiary/aromatic N) is 2. The Labute approximate surface area is 105 Å². The van der Waals surface area contributed by atoms with Crippen LogP contribution in [0.3, 0.4) is 0 Å². The number of hydrogen-bond acceptors (Lipinski definition) is 5. The van der Waals surface area contributed by atoms with Crippen LogP contribution < -0.4 is 5.32 Å². The van der Waals surface area contributed by atoms with Crippen LogP contribution in [0.15, 0.2) is 24.3 Å². The number of benzene rings is 1. The average molecular weight is 251 g/mol. The Morgan fingerprint density at radius 3 is 2.78 bits per heavy atom. The lowest BCUT2D eigenvalue weighted by Gasteiger charge is -2.34. The summed E-state index contributed by atoms with van der Waals surface area (Å²) in [5.74, 6) is 0. The Balaban J connectivity index is 2.20. The van der Waals surface area contributed by atoms with E-state index >= 15 is 0 Å². The smallest absolute Gasteiger partial charge is 0.269 e. The third-order valence-corrected chi connectivity index (χ3v) is 3.23. The standard InChI is InChI=1S/C12H17N3O3/c16-9-12(14-6-4-13-5-7-14)10-2-1-3-11(8-10)15(17)18/h1-3,8,12-13,16H,4-7,9H2/t12-/m0/s1. The maximum atomic E-state index is 10.8. The van der Waals surface area contributed by atoms with Gasteiger partial charge in [-0.2, -0.15) is 0 Å². The van der Waals surface area contributed by atoms with Crippen molar-refractivity contribution in [1.82, 2.24) is 10.2 Å². The normalized spacial score (nSPS) is 18.5. The number of nitro groups is 1. The number of non-ortho nitro benzene ring substituents is 1. The molecule has 0 bridgehead atoms. The molecule has 2 N–H and O–H groups in total. The fraction of sp³-hybridized carbons (Fsp3) is 0.500. The molecule has 18 heavy (non-hydrogen) atoms. The second-order valence-electron chi connectivity index (χ2n) is 4.34. The molecular weight excluding hydrogens is 234 g/mol. The molecule has 1 aromatic carbocycles. The molecule has 1 saturated heterocycles. The molecule has 0 spiro atoms. The zero-order chi connectivity index (χ0) is 13.0. The summed E-state index contributed by atoms with van der Waals surface area (Å²) >= 11 is 0. The molecule has 1 aromatic rings. The second kappa shape index (κ2) is 5.90. The fourth-order valence-corrected chi connectivity index (χ4v) is 2.27. The van der Waals surface area contributed by atoms with Gasteiger partial charge < -0.3 is 10.4 Å². The molecule has 0 aromatic heterocycles. The first kappa shape index (κ1) is 12.9. The van der Waals surface area contributed by atoms with Crippen molar-refractivity contribution in [1.29, 1.82) is 0 Å². The van der Waals surface area contributed by atoms with Gasteiger partial charge in [0.25, 0.3) is 5.69 Å². The summed E-state index contributed by atoms with van der Waals surface area (Å²) in [5.41, 5.74) is 0.870. The molecule has 1 aliphatic heterocycles. The van der Waals surface area contributed by atoms with E-state index in [4.69, 9.17) is 0 Å². The van der Waals surface area contributed by atoms with Gasteiger partial charge in [0.15, 0.2) is 0 Å². The summed E-state index contributed by atoms with van der Waals surface area (Å²) in [4.78, 5) is 12.5. The number of aliphatic hydroxyl groups is 1. The zero-order valence-corrected chi connectivity index (χ0v) is 10.1. The number of piperazine rings is 1. The largest absolute Gasteiger partial charge is 0.394 e. The van der Waals surface area contributed by atoms with Gasteiger partial charge in [0.05, 0.1) is 17.6 Å². The molecule has 0 radical (unpaired) electrons. The van der Waals surface area contributed by atoms with Gasteiger partial charge in [-0.25, -0.2) is 0 Å². The first-order valence-electron chi connectivity index (χ1n) is 6.02. The number of hydrogen-bond donors (Lipinski definition) is 2. The Morgan fingerprint density at radius 2 is 2.17 bits per heavy atom. The van der Waals surface area contributed by atoms with E-state index in [1.807, 2.05) is 6.07 Å². The maximum Gasteiger partial charge on any atom is 0.269 e. The van der Waals surface area contributed by atoms with Gasteiger partial charge in [-0.05, 0) is 5.56 Å². The van der Waals surface area contributed by atoms with Crippen LogP contribution in [0.4, 0.5) is 5.69 Å². The predicted molar refractivity (Wildman–Crippen MR) is 67.4 cm³/mol. The minimum atomic E-state index is -0.407. The minimum Gasteiger partial charge on any atom is -0.394 e. The molecule has 6 heteroatoms. The van der Waals surface area contributed by atoms with Crippen LogP contribution in [0.25, 0.3) is 0 Å². The van der Waals surface area contributed by atoms with E-state index < -0.39 is 4.92 Å². The third kappa shape index (κ3) is 2.84. The molecule has 2 rings (SSSR count). The molecule has 98 valence electrons. The van der Waals surface area contributed by atoms with Crippen LogP contribution in [-0.2, 0) is 0 Å². The number of aliphatic hydroxyl groups excluding tert-OH is 1. The number of rotatable bonds is 4. The highest BCUT2D eigenvalue weighted by Gasteiger charge is 2.22. The van der Waals surface area contributed by atoms with Crippen LogP contribution in [0.5, 0.6) is 0 Å². The molecule has 0 aliphatic carbocycles. The molecule has 1 aliphatic rings. The monoisotopic (exact) mass is 251 g/mol. The lowest BCUT2D eigenvalue weighted by atomic mass is 10.0. The van der Waals surface area contributed by atoms with E-state index in [-0.39, 0.29) is 18.3 Å². The Bertz CT molecular complexity index is 419. The van der Waals surface area contributed by atoms with Crippen molar-refractivity contribution in [3.8, 4) is 0 Å². The van der Waals surface area contributed by atoms with Gasteiger partial charge in [-0.1, -0.05) is 12.1 Å². The summed E-state index contributed by atoms with van der Waals surface area (Å²) < 4.78 is 0. The van der Waals surface area contributed by atoms with E-state index in [1.165, 1.54) is 6.07 Å². The molecule has 1 atom stereocenters. The first-order chi connectivity index (χ1) is 8.72. The summed E-state index contributed by atoms with van der Waals surface area (Å²) in [7, 11) is 0. The maximum absolute atomic E-state index is 10.8. The number of nitrogens with one attached hydrogen (secondary N) is 1. The molecule has 0 saturated carbocycles. The van der Waals surface area contributed by atoms with Gasteiger partial charge in [0, 0.05) is 38.3 Å². The second-order valence-corrected chi connectivity index (χ2v) is 4.34. The summed E-state index contributed by atoms with van der Waals surface area (Å²) in [5, 5.41) is 23.5. The van der Waals surface area contributed by atoms with Gasteiger partial charge in [0.2, 0.25) is 0 Å². The van der Waals surface area contributed by atoms with Gasteiger partial charge >= 0.3 is 0 Å². The van der Waals surface area contributed by atoms with E-state index in [0.717, 1.165) is 31.7 Å². The predicted octanol–water partition coefficient (Wildman–Crippen LogP) is 0.533. The van der Waals surface area contributed by atoms with Crippen LogP contribution in [0, 0.1) is 10.1 Å². The zero-order valence-electron chi connectivity index (χ0n) is 10.1. The minimum absolute atomic E-state index is 0.0266. The number of nitro benzene ring substituents is 1. The molecule has 1 heterocycles. The Morgan fingerprint density at radius 1 is 1.44 bits per heavy atom. The van der Waals surface area contributed by atoms with Crippen LogP contribution in [0.2, 0.25) is 0 Å². The highest BCUT2D eigenvalue weighted by atomic mass is 16.6. The SMILES string of the molecule is O=[N+]([O-])c1cccc([C@H](CO)N2CCNCC2)c1. The van der Waals surface area contributed by atoms with Crippen molar-refractivity contribution >= 4 is 5.69 Å². The lowest BCUT2D eigenvalue weighted by Crippen LogP contribution is -2.46. The first-order valence-corrected chi connectivity index (χ1v) is 6.02. The highest BCUT2D eigenvalue weighted by molar-refractivity contribution is 5.36. The molecule has 6 nitrogen and oxygen atoms in total. The molecule has 1 fully saturated rings. The molecule has 0 amide bonds. The molecule has 0 unspecified atom stereocenters. The topological polar surface area (TPSA) is 78.6 Å². The van der Waals surface area contributed by atoms with Crippen LogP contribution in [-0.4, -0.2) is 47.7 Å². The van der Waals surface area contributed by atoms with Gasteiger partial charge in [-0.15, -0.1) is 0 Å². The van der Waals surface area contributed by atoms with Crippen molar-refractivity contribution < 1.29 is 10.0 Å². The van der Waals surface area contributed by atoms with E-state index in [1.54, 1.807) is 12.1 Å². The fourth-order valence-electron chi connectivity index (χ4n) is 2.27. The van der Waals surface area contributed by atoms with Crippen molar-refractivity contribution in [2.45, 2.75) is 6.04 Å². The lowest BCUT2D eigenvalue weighted by molar-refractivity contribution is -0.385. The Hall–Kier alpha value is -1.50. The third-order valence-electron chi connectivity index (χ3n) is 3.23. The van der Waals surface area contributed by atoms with E-state index in [0.29, 0.717) is 0 Å². The van der Waals surface area contributed by atoms with Gasteiger partial charge in [0.1, 0.15) is 0 Å². The summed E-state index contributed by atoms with van der Waals surface area (Å²) in [6.45, 7) is 3.42. The van der Waals surface area contributed by atoms with Crippen LogP contribution in [0.1, 0.15) is 11.6 Å². The van der Waals surface area contributed by atoms with Crippen LogP contribution >= 0.6 is 0 Å². The van der Waals surface area contributed by atoms with E-state index in [9.17, 15) is 15.2 Å². The van der Waals surface area contributed by atoms with Crippen molar-refractivity contribution in [2.24, 2.45) is 0 Å². The van der Waals surface area contributed by atoms with Crippen molar-refractivity contribution in [2.75, 3.05) is 32.8 Å². The molecular formula is C12H17N3O3. The average Bonchev–Trinajstić information content (AvgIpc) is 2.41. The van der Waals surface area contributed by atoms with E-state index in [2.05, 4.69) is 10.2 Å². The highest BCUT2D eigenvalue weighted by Crippen LogP contribution is 2.24. The summed E-state index contributed by atoms with van der Waals surface area (Å²) in [6.07, 6.45) is 0. The quantitative estimate of drug-likeness (QED) is 0.603. The van der Waals surface area contributed by atoms with Crippen molar-refractivity contribution in [3.63, 3.8) is 0 Å². The summed E-state index contributed by atoms with van der Waals surface area (Å²) in [6, 6.07) is 6.35.